The Morgan fingerprint density at radius 3 is 2.87 bits per heavy atom. The Morgan fingerprint density at radius 2 is 2.20 bits per heavy atom. The minimum Gasteiger partial charge on any atom is -0.496 e. The molecule has 2 nitrogen and oxygen atoms in total. The second-order valence-corrected chi connectivity index (χ2v) is 5.32. The van der Waals surface area contributed by atoms with E-state index in [2.05, 4.69) is 24.4 Å². The minimum atomic E-state index is 0.433. The van der Waals surface area contributed by atoms with Crippen LogP contribution in [0.25, 0.3) is 0 Å². The number of thioether (sulfide) groups is 1. The quantitative estimate of drug-likeness (QED) is 0.832. The van der Waals surface area contributed by atoms with Gasteiger partial charge in [-0.3, -0.25) is 0 Å². The highest BCUT2D eigenvalue weighted by molar-refractivity contribution is 8.00. The molecule has 1 fully saturated rings. The van der Waals surface area contributed by atoms with Crippen LogP contribution in [0.4, 0.5) is 0 Å². The molecule has 0 radical (unpaired) electrons. The summed E-state index contributed by atoms with van der Waals surface area (Å²) in [4.78, 5) is 0. The van der Waals surface area contributed by atoms with Gasteiger partial charge in [0, 0.05) is 29.2 Å². The standard InChI is InChI=1S/C12H17NOS/c1-9-7-13-11(8-15-9)10-5-3-4-6-12(10)14-2/h3-6,9,11,13H,7-8H2,1-2H3. The Bertz CT molecular complexity index is 321. The van der Waals surface area contributed by atoms with Crippen molar-refractivity contribution in [2.24, 2.45) is 0 Å². The molecule has 15 heavy (non-hydrogen) atoms. The lowest BCUT2D eigenvalue weighted by Crippen LogP contribution is -2.34. The van der Waals surface area contributed by atoms with Crippen LogP contribution in [0.5, 0.6) is 5.75 Å². The van der Waals surface area contributed by atoms with Crippen LogP contribution in [-0.4, -0.2) is 24.7 Å². The molecule has 0 spiro atoms. The van der Waals surface area contributed by atoms with Crippen molar-refractivity contribution in [3.8, 4) is 5.75 Å². The molecule has 1 heterocycles. The zero-order valence-corrected chi connectivity index (χ0v) is 10.0. The fourth-order valence-electron chi connectivity index (χ4n) is 1.84. The zero-order valence-electron chi connectivity index (χ0n) is 9.19. The molecule has 2 atom stereocenters. The molecule has 1 aliphatic heterocycles. The van der Waals surface area contributed by atoms with E-state index in [1.807, 2.05) is 23.9 Å². The maximum atomic E-state index is 5.38. The van der Waals surface area contributed by atoms with Crippen LogP contribution in [0.1, 0.15) is 18.5 Å². The molecule has 0 aliphatic carbocycles. The Kier molecular flexibility index (Phi) is 3.54. The lowest BCUT2D eigenvalue weighted by atomic mass is 10.1. The first-order valence-corrected chi connectivity index (χ1v) is 6.34. The van der Waals surface area contributed by atoms with Gasteiger partial charge in [0.2, 0.25) is 0 Å². The Balaban J connectivity index is 2.15. The van der Waals surface area contributed by atoms with Gasteiger partial charge in [-0.25, -0.2) is 0 Å². The summed E-state index contributed by atoms with van der Waals surface area (Å²) in [5.74, 6) is 2.12. The molecule has 1 aliphatic rings. The molecule has 82 valence electrons. The first-order valence-electron chi connectivity index (χ1n) is 5.29. The molecule has 2 unspecified atom stereocenters. The van der Waals surface area contributed by atoms with Gasteiger partial charge < -0.3 is 10.1 Å². The summed E-state index contributed by atoms with van der Waals surface area (Å²) in [6.07, 6.45) is 0. The van der Waals surface area contributed by atoms with Crippen molar-refractivity contribution in [2.75, 3.05) is 19.4 Å². The van der Waals surface area contributed by atoms with Gasteiger partial charge in [0.1, 0.15) is 5.75 Å². The van der Waals surface area contributed by atoms with Crippen molar-refractivity contribution in [3.63, 3.8) is 0 Å². The van der Waals surface area contributed by atoms with Gasteiger partial charge in [0.05, 0.1) is 7.11 Å². The third-order valence-corrected chi connectivity index (χ3v) is 3.97. The number of hydrogen-bond acceptors (Lipinski definition) is 3. The van der Waals surface area contributed by atoms with Gasteiger partial charge in [-0.1, -0.05) is 25.1 Å². The number of nitrogens with one attached hydrogen (secondary N) is 1. The minimum absolute atomic E-state index is 0.433. The molecule has 0 saturated carbocycles. The van der Waals surface area contributed by atoms with E-state index in [0.717, 1.165) is 23.3 Å². The van der Waals surface area contributed by atoms with Gasteiger partial charge in [-0.2, -0.15) is 11.8 Å². The van der Waals surface area contributed by atoms with Gasteiger partial charge in [-0.15, -0.1) is 0 Å². The molecule has 1 saturated heterocycles. The molecule has 2 rings (SSSR count). The summed E-state index contributed by atoms with van der Waals surface area (Å²) < 4.78 is 5.38. The van der Waals surface area contributed by atoms with E-state index < -0.39 is 0 Å². The molecule has 0 amide bonds. The van der Waals surface area contributed by atoms with Gasteiger partial charge in [0.25, 0.3) is 0 Å². The molecular weight excluding hydrogens is 206 g/mol. The smallest absolute Gasteiger partial charge is 0.123 e. The van der Waals surface area contributed by atoms with Crippen LogP contribution in [0.3, 0.4) is 0 Å². The van der Waals surface area contributed by atoms with E-state index in [1.165, 1.54) is 5.56 Å². The van der Waals surface area contributed by atoms with Crippen molar-refractivity contribution in [1.29, 1.82) is 0 Å². The molecule has 0 bridgehead atoms. The highest BCUT2D eigenvalue weighted by Crippen LogP contribution is 2.31. The maximum Gasteiger partial charge on any atom is 0.123 e. The van der Waals surface area contributed by atoms with E-state index in [0.29, 0.717) is 6.04 Å². The van der Waals surface area contributed by atoms with Gasteiger partial charge in [-0.05, 0) is 6.07 Å². The van der Waals surface area contributed by atoms with E-state index >= 15 is 0 Å². The Hall–Kier alpha value is -0.670. The van der Waals surface area contributed by atoms with E-state index in [-0.39, 0.29) is 0 Å². The summed E-state index contributed by atoms with van der Waals surface area (Å²) in [6.45, 7) is 3.34. The highest BCUT2D eigenvalue weighted by atomic mass is 32.2. The summed E-state index contributed by atoms with van der Waals surface area (Å²) in [5.41, 5.74) is 1.28. The fourth-order valence-corrected chi connectivity index (χ4v) is 2.87. The normalized spacial score (nSPS) is 26.3. The van der Waals surface area contributed by atoms with Gasteiger partial charge in [0.15, 0.2) is 0 Å². The van der Waals surface area contributed by atoms with Crippen LogP contribution >= 0.6 is 11.8 Å². The number of methoxy groups -OCH3 is 1. The topological polar surface area (TPSA) is 21.3 Å². The number of hydrogen-bond donors (Lipinski definition) is 1. The van der Waals surface area contributed by atoms with Crippen molar-refractivity contribution in [2.45, 2.75) is 18.2 Å². The average molecular weight is 223 g/mol. The highest BCUT2D eigenvalue weighted by Gasteiger charge is 2.21. The van der Waals surface area contributed by atoms with Crippen molar-refractivity contribution < 1.29 is 4.74 Å². The van der Waals surface area contributed by atoms with Gasteiger partial charge >= 0.3 is 0 Å². The van der Waals surface area contributed by atoms with Crippen LogP contribution in [0, 0.1) is 0 Å². The van der Waals surface area contributed by atoms with Crippen LogP contribution in [0.2, 0.25) is 0 Å². The molecule has 0 aromatic heterocycles. The molecule has 1 aromatic carbocycles. The third-order valence-electron chi connectivity index (χ3n) is 2.71. The SMILES string of the molecule is COc1ccccc1C1CSC(C)CN1. The second kappa shape index (κ2) is 4.90. The summed E-state index contributed by atoms with van der Waals surface area (Å²) in [5, 5.41) is 4.28. The van der Waals surface area contributed by atoms with Crippen molar-refractivity contribution in [3.05, 3.63) is 29.8 Å². The first kappa shape index (κ1) is 10.8. The first-order chi connectivity index (χ1) is 7.31. The van der Waals surface area contributed by atoms with Crippen molar-refractivity contribution in [1.82, 2.24) is 5.32 Å². The summed E-state index contributed by atoms with van der Waals surface area (Å²) >= 11 is 2.02. The average Bonchev–Trinajstić information content (AvgIpc) is 2.30. The maximum absolute atomic E-state index is 5.38. The van der Waals surface area contributed by atoms with E-state index in [1.54, 1.807) is 7.11 Å². The van der Waals surface area contributed by atoms with Crippen LogP contribution in [-0.2, 0) is 0 Å². The third kappa shape index (κ3) is 2.47. The predicted octanol–water partition coefficient (Wildman–Crippen LogP) is 2.46. The molecular formula is C12H17NOS. The molecule has 1 aromatic rings. The summed E-state index contributed by atoms with van der Waals surface area (Å²) in [7, 11) is 1.73. The Morgan fingerprint density at radius 1 is 1.40 bits per heavy atom. The van der Waals surface area contributed by atoms with E-state index in [9.17, 15) is 0 Å². The zero-order chi connectivity index (χ0) is 10.7. The molecule has 1 N–H and O–H groups in total. The van der Waals surface area contributed by atoms with E-state index in [4.69, 9.17) is 4.74 Å². The number of ether oxygens (including phenoxy) is 1. The largest absolute Gasteiger partial charge is 0.496 e. The second-order valence-electron chi connectivity index (χ2n) is 3.85. The lowest BCUT2D eigenvalue weighted by Gasteiger charge is -2.28. The monoisotopic (exact) mass is 223 g/mol. The van der Waals surface area contributed by atoms with Crippen LogP contribution < -0.4 is 10.1 Å². The number of benzene rings is 1. The Labute approximate surface area is 95.4 Å². The predicted molar refractivity (Wildman–Crippen MR) is 65.7 cm³/mol. The summed E-state index contributed by atoms with van der Waals surface area (Å²) in [6, 6.07) is 8.69. The molecule has 3 heteroatoms. The number of para-hydroxylation sites is 1. The number of rotatable bonds is 2. The van der Waals surface area contributed by atoms with Crippen molar-refractivity contribution >= 4 is 11.8 Å². The lowest BCUT2D eigenvalue weighted by molar-refractivity contribution is 0.401. The van der Waals surface area contributed by atoms with Crippen LogP contribution in [0.15, 0.2) is 24.3 Å². The fraction of sp³-hybridized carbons (Fsp3) is 0.500.